The molecule has 4 aromatic rings. The molecule has 40 heavy (non-hydrogen) atoms. The van der Waals surface area contributed by atoms with E-state index < -0.39 is 0 Å². The summed E-state index contributed by atoms with van der Waals surface area (Å²) in [6, 6.07) is 36.0. The molecule has 0 aliphatic carbocycles. The summed E-state index contributed by atoms with van der Waals surface area (Å²) in [5.41, 5.74) is 5.63. The zero-order chi connectivity index (χ0) is 27.4. The van der Waals surface area contributed by atoms with Crippen molar-refractivity contribution in [3.63, 3.8) is 0 Å². The third-order valence-corrected chi connectivity index (χ3v) is 7.49. The van der Waals surface area contributed by atoms with Crippen LogP contribution in [0.5, 0.6) is 0 Å². The van der Waals surface area contributed by atoms with Gasteiger partial charge in [0.1, 0.15) is 0 Å². The van der Waals surface area contributed by atoms with Gasteiger partial charge >= 0.3 is 0 Å². The average molecular weight is 531 g/mol. The Kier molecular flexibility index (Phi) is 9.87. The highest BCUT2D eigenvalue weighted by atomic mass is 16.1. The van der Waals surface area contributed by atoms with E-state index in [2.05, 4.69) is 80.8 Å². The first-order valence-electron chi connectivity index (χ1n) is 14.3. The Morgan fingerprint density at radius 1 is 0.775 bits per heavy atom. The molecule has 1 fully saturated rings. The van der Waals surface area contributed by atoms with Gasteiger partial charge in [0.2, 0.25) is 5.91 Å². The van der Waals surface area contributed by atoms with E-state index in [9.17, 15) is 4.79 Å². The first-order chi connectivity index (χ1) is 19.8. The van der Waals surface area contributed by atoms with Crippen molar-refractivity contribution >= 4 is 12.0 Å². The van der Waals surface area contributed by atoms with Crippen LogP contribution in [-0.2, 0) is 4.79 Å². The van der Waals surface area contributed by atoms with Crippen LogP contribution in [0, 0.1) is 0 Å². The summed E-state index contributed by atoms with van der Waals surface area (Å²) in [6.45, 7) is 6.01. The summed E-state index contributed by atoms with van der Waals surface area (Å²) in [5.74, 6) is -0.0615. The van der Waals surface area contributed by atoms with Gasteiger partial charge in [0.05, 0.1) is 11.7 Å². The topological polar surface area (TPSA) is 48.5 Å². The third-order valence-electron chi connectivity index (χ3n) is 7.49. The number of pyridine rings is 1. The first-order valence-corrected chi connectivity index (χ1v) is 14.3. The minimum atomic E-state index is -0.0615. The fourth-order valence-corrected chi connectivity index (χ4v) is 5.32. The number of amides is 1. The van der Waals surface area contributed by atoms with Crippen LogP contribution in [0.15, 0.2) is 115 Å². The molecule has 204 valence electrons. The SMILES string of the molecule is O=C(/C=C/c1ccc(-c2ccccc2)nc1)NCCCCN1CCN(C(c2ccccc2)c2ccccc2)CC1. The summed E-state index contributed by atoms with van der Waals surface area (Å²) >= 11 is 0. The molecular weight excluding hydrogens is 492 g/mol. The lowest BCUT2D eigenvalue weighted by Crippen LogP contribution is -2.48. The zero-order valence-corrected chi connectivity index (χ0v) is 23.0. The number of nitrogens with one attached hydrogen (secondary N) is 1. The van der Waals surface area contributed by atoms with Crippen molar-refractivity contribution in [2.75, 3.05) is 39.3 Å². The quantitative estimate of drug-likeness (QED) is 0.189. The Bertz CT molecular complexity index is 1290. The van der Waals surface area contributed by atoms with Crippen molar-refractivity contribution in [2.45, 2.75) is 18.9 Å². The molecule has 0 bridgehead atoms. The van der Waals surface area contributed by atoms with Gasteiger partial charge in [-0.1, -0.05) is 97.1 Å². The predicted octanol–water partition coefficient (Wildman–Crippen LogP) is 6.07. The fourth-order valence-electron chi connectivity index (χ4n) is 5.32. The molecule has 5 heteroatoms. The van der Waals surface area contributed by atoms with Gasteiger partial charge in [-0.25, -0.2) is 0 Å². The molecule has 0 radical (unpaired) electrons. The van der Waals surface area contributed by atoms with Crippen LogP contribution < -0.4 is 5.32 Å². The largest absolute Gasteiger partial charge is 0.353 e. The standard InChI is InChI=1S/C35H38N4O/c40-34(21-19-29-18-20-33(37-28-29)30-12-4-1-5-13-30)36-22-10-11-23-38-24-26-39(27-25-38)35(31-14-6-2-7-15-31)32-16-8-3-9-17-32/h1-9,12-21,28,35H,10-11,22-27H2,(H,36,40)/b21-19+. The Morgan fingerprint density at radius 2 is 1.40 bits per heavy atom. The van der Waals surface area contributed by atoms with Crippen molar-refractivity contribution in [2.24, 2.45) is 0 Å². The summed E-state index contributed by atoms with van der Waals surface area (Å²) in [6.07, 6.45) is 7.26. The van der Waals surface area contributed by atoms with Crippen LogP contribution in [-0.4, -0.2) is 60.0 Å². The highest BCUT2D eigenvalue weighted by molar-refractivity contribution is 5.91. The van der Waals surface area contributed by atoms with Gasteiger partial charge in [-0.2, -0.15) is 0 Å². The number of aromatic nitrogens is 1. The second kappa shape index (κ2) is 14.4. The fraction of sp³-hybridized carbons (Fsp3) is 0.257. The van der Waals surface area contributed by atoms with Gasteiger partial charge in [0, 0.05) is 50.6 Å². The molecule has 0 unspecified atom stereocenters. The molecule has 1 saturated heterocycles. The number of nitrogens with zero attached hydrogens (tertiary/aromatic N) is 3. The van der Waals surface area contributed by atoms with Gasteiger partial charge in [-0.3, -0.25) is 14.7 Å². The molecule has 5 nitrogen and oxygen atoms in total. The molecule has 5 rings (SSSR count). The summed E-state index contributed by atoms with van der Waals surface area (Å²) in [5, 5.41) is 3.01. The monoisotopic (exact) mass is 530 g/mol. The number of hydrogen-bond donors (Lipinski definition) is 1. The Hall–Kier alpha value is -4.06. The maximum absolute atomic E-state index is 12.3. The first kappa shape index (κ1) is 27.5. The Labute approximate surface area is 238 Å². The second-order valence-corrected chi connectivity index (χ2v) is 10.3. The summed E-state index contributed by atoms with van der Waals surface area (Å²) in [4.78, 5) is 21.9. The van der Waals surface area contributed by atoms with Crippen molar-refractivity contribution in [3.8, 4) is 11.3 Å². The lowest BCUT2D eigenvalue weighted by molar-refractivity contribution is -0.116. The molecule has 1 aromatic heterocycles. The van der Waals surface area contributed by atoms with Crippen LogP contribution in [0.25, 0.3) is 17.3 Å². The average Bonchev–Trinajstić information content (AvgIpc) is 3.02. The second-order valence-electron chi connectivity index (χ2n) is 10.3. The molecule has 1 N–H and O–H groups in total. The molecule has 1 aliphatic heterocycles. The molecule has 3 aromatic carbocycles. The van der Waals surface area contributed by atoms with E-state index in [0.29, 0.717) is 12.6 Å². The van der Waals surface area contributed by atoms with Gasteiger partial charge < -0.3 is 10.2 Å². The molecular formula is C35H38N4O. The van der Waals surface area contributed by atoms with Gasteiger partial charge in [-0.15, -0.1) is 0 Å². The van der Waals surface area contributed by atoms with Crippen LogP contribution >= 0.6 is 0 Å². The van der Waals surface area contributed by atoms with E-state index >= 15 is 0 Å². The lowest BCUT2D eigenvalue weighted by Gasteiger charge is -2.39. The minimum Gasteiger partial charge on any atom is -0.353 e. The number of carbonyl (C=O) groups excluding carboxylic acids is 1. The van der Waals surface area contributed by atoms with E-state index in [0.717, 1.165) is 62.4 Å². The maximum Gasteiger partial charge on any atom is 0.243 e. The summed E-state index contributed by atoms with van der Waals surface area (Å²) < 4.78 is 0. The van der Waals surface area contributed by atoms with Crippen LogP contribution in [0.1, 0.15) is 35.6 Å². The Balaban J connectivity index is 1.01. The number of rotatable bonds is 11. The highest BCUT2D eigenvalue weighted by Gasteiger charge is 2.26. The van der Waals surface area contributed by atoms with Gasteiger partial charge in [0.25, 0.3) is 0 Å². The Morgan fingerprint density at radius 3 is 2.00 bits per heavy atom. The number of hydrogen-bond acceptors (Lipinski definition) is 4. The van der Waals surface area contributed by atoms with E-state index in [1.165, 1.54) is 11.1 Å². The van der Waals surface area contributed by atoms with Crippen LogP contribution in [0.2, 0.25) is 0 Å². The van der Waals surface area contributed by atoms with Crippen LogP contribution in [0.4, 0.5) is 0 Å². The van der Waals surface area contributed by atoms with Gasteiger partial charge in [0.15, 0.2) is 0 Å². The molecule has 0 atom stereocenters. The molecule has 1 amide bonds. The minimum absolute atomic E-state index is 0.0615. The predicted molar refractivity (Wildman–Crippen MR) is 164 cm³/mol. The van der Waals surface area contributed by atoms with Crippen molar-refractivity contribution in [1.82, 2.24) is 20.1 Å². The molecule has 2 heterocycles. The highest BCUT2D eigenvalue weighted by Crippen LogP contribution is 2.29. The van der Waals surface area contributed by atoms with E-state index in [4.69, 9.17) is 0 Å². The van der Waals surface area contributed by atoms with Crippen molar-refractivity contribution in [3.05, 3.63) is 132 Å². The van der Waals surface area contributed by atoms with Crippen molar-refractivity contribution < 1.29 is 4.79 Å². The third kappa shape index (κ3) is 7.75. The molecule has 0 spiro atoms. The van der Waals surface area contributed by atoms with Crippen LogP contribution in [0.3, 0.4) is 0 Å². The normalized spacial score (nSPS) is 14.5. The summed E-state index contributed by atoms with van der Waals surface area (Å²) in [7, 11) is 0. The van der Waals surface area contributed by atoms with Crippen molar-refractivity contribution in [1.29, 1.82) is 0 Å². The maximum atomic E-state index is 12.3. The number of piperazine rings is 1. The van der Waals surface area contributed by atoms with E-state index in [1.807, 2.05) is 48.5 Å². The number of unbranched alkanes of at least 4 members (excludes halogenated alkanes) is 1. The lowest BCUT2D eigenvalue weighted by atomic mass is 9.96. The number of carbonyl (C=O) groups is 1. The smallest absolute Gasteiger partial charge is 0.243 e. The zero-order valence-electron chi connectivity index (χ0n) is 23.0. The van der Waals surface area contributed by atoms with Gasteiger partial charge in [-0.05, 0) is 48.2 Å². The van der Waals surface area contributed by atoms with E-state index in [-0.39, 0.29) is 5.91 Å². The molecule has 0 saturated carbocycles. The molecule has 1 aliphatic rings. The number of benzene rings is 3. The van der Waals surface area contributed by atoms with E-state index in [1.54, 1.807) is 12.3 Å².